The standard InChI is InChI=1S/C15H10ClN3O4S/c16-14-8-13(4-2-11(14)9-17)24(22,23)18-6-5-10-1-3-12(19(20)21)7-15(10)18/h1-4,7-8H,5-6H2. The molecule has 2 aromatic rings. The number of benzene rings is 2. The maximum Gasteiger partial charge on any atom is 0.271 e. The maximum atomic E-state index is 12.8. The molecule has 0 aliphatic carbocycles. The van der Waals surface area contributed by atoms with Crippen molar-refractivity contribution in [3.8, 4) is 6.07 Å². The molecule has 7 nitrogen and oxygen atoms in total. The molecule has 0 bridgehead atoms. The number of fused-ring (bicyclic) bond motifs is 1. The fraction of sp³-hybridized carbons (Fsp3) is 0.133. The summed E-state index contributed by atoms with van der Waals surface area (Å²) in [5, 5.41) is 19.8. The maximum absolute atomic E-state index is 12.8. The van der Waals surface area contributed by atoms with Crippen LogP contribution in [0.4, 0.5) is 11.4 Å². The van der Waals surface area contributed by atoms with Crippen LogP contribution in [0.1, 0.15) is 11.1 Å². The molecule has 0 unspecified atom stereocenters. The van der Waals surface area contributed by atoms with E-state index in [-0.39, 0.29) is 27.7 Å². The molecule has 0 radical (unpaired) electrons. The minimum Gasteiger partial charge on any atom is -0.265 e. The van der Waals surface area contributed by atoms with Gasteiger partial charge in [-0.3, -0.25) is 14.4 Å². The van der Waals surface area contributed by atoms with Crippen LogP contribution >= 0.6 is 11.6 Å². The number of sulfonamides is 1. The molecule has 9 heteroatoms. The highest BCUT2D eigenvalue weighted by molar-refractivity contribution is 7.92. The topological polar surface area (TPSA) is 104 Å². The van der Waals surface area contributed by atoms with Crippen molar-refractivity contribution in [2.75, 3.05) is 10.8 Å². The highest BCUT2D eigenvalue weighted by Gasteiger charge is 2.32. The summed E-state index contributed by atoms with van der Waals surface area (Å²) < 4.78 is 26.8. The van der Waals surface area contributed by atoms with E-state index in [2.05, 4.69) is 0 Å². The zero-order valence-corrected chi connectivity index (χ0v) is 13.7. The summed E-state index contributed by atoms with van der Waals surface area (Å²) in [7, 11) is -3.93. The second kappa shape index (κ2) is 5.78. The first-order chi connectivity index (χ1) is 11.3. The number of hydrogen-bond acceptors (Lipinski definition) is 5. The lowest BCUT2D eigenvalue weighted by atomic mass is 10.1. The molecule has 0 aromatic heterocycles. The van der Waals surface area contributed by atoms with Crippen LogP contribution in [-0.2, 0) is 16.4 Å². The number of non-ortho nitro benzene ring substituents is 1. The summed E-state index contributed by atoms with van der Waals surface area (Å²) in [5.41, 5.74) is 1.02. The van der Waals surface area contributed by atoms with Gasteiger partial charge >= 0.3 is 0 Å². The Labute approximate surface area is 142 Å². The second-order valence-corrected chi connectivity index (χ2v) is 7.42. The molecule has 1 aliphatic rings. The van der Waals surface area contributed by atoms with Crippen LogP contribution in [0.3, 0.4) is 0 Å². The van der Waals surface area contributed by atoms with Crippen LogP contribution < -0.4 is 4.31 Å². The number of nitrogens with zero attached hydrogens (tertiary/aromatic N) is 3. The molecule has 0 N–H and O–H groups in total. The van der Waals surface area contributed by atoms with Gasteiger partial charge in [0.25, 0.3) is 15.7 Å². The van der Waals surface area contributed by atoms with Crippen molar-refractivity contribution in [1.29, 1.82) is 5.26 Å². The Balaban J connectivity index is 2.08. The van der Waals surface area contributed by atoms with E-state index < -0.39 is 14.9 Å². The van der Waals surface area contributed by atoms with Gasteiger partial charge in [0.05, 0.1) is 26.1 Å². The fourth-order valence-corrected chi connectivity index (χ4v) is 4.38. The third-order valence-electron chi connectivity index (χ3n) is 3.78. The molecular weight excluding hydrogens is 354 g/mol. The minimum atomic E-state index is -3.93. The Hall–Kier alpha value is -2.63. The first-order valence-corrected chi connectivity index (χ1v) is 8.66. The highest BCUT2D eigenvalue weighted by Crippen LogP contribution is 2.36. The SMILES string of the molecule is N#Cc1ccc(S(=O)(=O)N2CCc3ccc([N+](=O)[O-])cc32)cc1Cl. The molecule has 3 rings (SSSR count). The van der Waals surface area contributed by atoms with Gasteiger partial charge in [-0.1, -0.05) is 17.7 Å². The molecule has 0 saturated heterocycles. The van der Waals surface area contributed by atoms with Crippen molar-refractivity contribution in [2.24, 2.45) is 0 Å². The average molecular weight is 364 g/mol. The monoisotopic (exact) mass is 363 g/mol. The van der Waals surface area contributed by atoms with Crippen LogP contribution in [0.2, 0.25) is 5.02 Å². The van der Waals surface area contributed by atoms with E-state index in [1.807, 2.05) is 6.07 Å². The quantitative estimate of drug-likeness (QED) is 0.616. The van der Waals surface area contributed by atoms with Crippen LogP contribution in [0.25, 0.3) is 0 Å². The van der Waals surface area contributed by atoms with E-state index in [9.17, 15) is 18.5 Å². The molecule has 2 aromatic carbocycles. The average Bonchev–Trinajstić information content (AvgIpc) is 2.98. The van der Waals surface area contributed by atoms with Crippen molar-refractivity contribution in [2.45, 2.75) is 11.3 Å². The molecule has 0 fully saturated rings. The third-order valence-corrected chi connectivity index (χ3v) is 5.90. The van der Waals surface area contributed by atoms with Gasteiger partial charge in [-0.25, -0.2) is 8.42 Å². The lowest BCUT2D eigenvalue weighted by Crippen LogP contribution is -2.29. The summed E-state index contributed by atoms with van der Waals surface area (Å²) in [6.45, 7) is 0.191. The molecule has 1 aliphatic heterocycles. The number of halogens is 1. The van der Waals surface area contributed by atoms with Crippen molar-refractivity contribution >= 4 is 33.0 Å². The molecule has 0 saturated carbocycles. The van der Waals surface area contributed by atoms with Crippen LogP contribution in [0, 0.1) is 21.4 Å². The lowest BCUT2D eigenvalue weighted by Gasteiger charge is -2.19. The van der Waals surface area contributed by atoms with Gasteiger partial charge in [0.1, 0.15) is 6.07 Å². The van der Waals surface area contributed by atoms with Crippen LogP contribution in [0.15, 0.2) is 41.3 Å². The fourth-order valence-electron chi connectivity index (χ4n) is 2.58. The summed E-state index contributed by atoms with van der Waals surface area (Å²) in [4.78, 5) is 10.3. The number of anilines is 1. The van der Waals surface area contributed by atoms with E-state index in [0.29, 0.717) is 12.1 Å². The van der Waals surface area contributed by atoms with Crippen molar-refractivity contribution in [3.63, 3.8) is 0 Å². The first-order valence-electron chi connectivity index (χ1n) is 6.84. The summed E-state index contributed by atoms with van der Waals surface area (Å²) in [6.07, 6.45) is 0.469. The largest absolute Gasteiger partial charge is 0.271 e. The zero-order valence-electron chi connectivity index (χ0n) is 12.1. The van der Waals surface area contributed by atoms with E-state index in [1.54, 1.807) is 6.07 Å². The molecule has 24 heavy (non-hydrogen) atoms. The second-order valence-electron chi connectivity index (χ2n) is 5.15. The van der Waals surface area contributed by atoms with Crippen molar-refractivity contribution in [3.05, 3.63) is 62.7 Å². The summed E-state index contributed by atoms with van der Waals surface area (Å²) >= 11 is 5.91. The van der Waals surface area contributed by atoms with Crippen molar-refractivity contribution in [1.82, 2.24) is 0 Å². The number of nitriles is 1. The minimum absolute atomic E-state index is 0.0389. The third kappa shape index (κ3) is 2.58. The smallest absolute Gasteiger partial charge is 0.265 e. The van der Waals surface area contributed by atoms with Gasteiger partial charge in [0, 0.05) is 18.7 Å². The van der Waals surface area contributed by atoms with Gasteiger partial charge in [-0.05, 0) is 30.2 Å². The molecule has 0 spiro atoms. The molecule has 0 atom stereocenters. The summed E-state index contributed by atoms with van der Waals surface area (Å²) in [6, 6.07) is 9.88. The number of nitro groups is 1. The van der Waals surface area contributed by atoms with Gasteiger partial charge in [0.15, 0.2) is 0 Å². The molecule has 0 amide bonds. The van der Waals surface area contributed by atoms with Gasteiger partial charge in [-0.2, -0.15) is 5.26 Å². The van der Waals surface area contributed by atoms with E-state index in [4.69, 9.17) is 16.9 Å². The van der Waals surface area contributed by atoms with Gasteiger partial charge in [0.2, 0.25) is 0 Å². The first kappa shape index (κ1) is 16.2. The van der Waals surface area contributed by atoms with Crippen LogP contribution in [0.5, 0.6) is 0 Å². The zero-order chi connectivity index (χ0) is 17.5. The molecular formula is C15H10ClN3O4S. The normalized spacial score (nSPS) is 13.4. The summed E-state index contributed by atoms with van der Waals surface area (Å²) in [5.74, 6) is 0. The number of nitro benzene ring substituents is 1. The van der Waals surface area contributed by atoms with E-state index >= 15 is 0 Å². The van der Waals surface area contributed by atoms with Gasteiger partial charge < -0.3 is 0 Å². The Morgan fingerprint density at radius 1 is 1.25 bits per heavy atom. The van der Waals surface area contributed by atoms with Crippen LogP contribution in [-0.4, -0.2) is 19.9 Å². The Bertz CT molecular complexity index is 998. The Kier molecular flexibility index (Phi) is 3.91. The molecule has 122 valence electrons. The Morgan fingerprint density at radius 2 is 2.00 bits per heavy atom. The molecule has 1 heterocycles. The number of rotatable bonds is 3. The highest BCUT2D eigenvalue weighted by atomic mass is 35.5. The predicted octanol–water partition coefficient (Wildman–Crippen LogP) is 2.87. The van der Waals surface area contributed by atoms with Gasteiger partial charge in [-0.15, -0.1) is 0 Å². The number of hydrogen-bond donors (Lipinski definition) is 0. The van der Waals surface area contributed by atoms with E-state index in [1.165, 1.54) is 30.3 Å². The lowest BCUT2D eigenvalue weighted by molar-refractivity contribution is -0.384. The predicted molar refractivity (Wildman–Crippen MR) is 87.5 cm³/mol. The Morgan fingerprint density at radius 3 is 2.62 bits per heavy atom. The van der Waals surface area contributed by atoms with E-state index in [0.717, 1.165) is 9.87 Å². The van der Waals surface area contributed by atoms with Crippen molar-refractivity contribution < 1.29 is 13.3 Å².